The molecule has 0 bridgehead atoms. The van der Waals surface area contributed by atoms with Gasteiger partial charge in [-0.25, -0.2) is 8.42 Å². The summed E-state index contributed by atoms with van der Waals surface area (Å²) in [5.41, 5.74) is 1.51. The Hall–Kier alpha value is -2.13. The molecule has 0 heterocycles. The highest BCUT2D eigenvalue weighted by Crippen LogP contribution is 2.24. The number of hydrogen-bond donors (Lipinski definition) is 1. The van der Waals surface area contributed by atoms with E-state index < -0.39 is 28.5 Å². The number of hydrogen-bond acceptors (Lipinski definition) is 4. The highest BCUT2D eigenvalue weighted by atomic mass is 35.5. The number of amides is 2. The molecule has 2 amide bonds. The van der Waals surface area contributed by atoms with Gasteiger partial charge in [-0.2, -0.15) is 4.31 Å². The van der Waals surface area contributed by atoms with E-state index in [-0.39, 0.29) is 17.3 Å². The molecular weight excluding hydrogens is 473 g/mol. The van der Waals surface area contributed by atoms with Crippen LogP contribution in [0.3, 0.4) is 0 Å². The zero-order valence-electron chi connectivity index (χ0n) is 18.4. The Morgan fingerprint density at radius 2 is 1.72 bits per heavy atom. The van der Waals surface area contributed by atoms with Crippen LogP contribution >= 0.6 is 23.2 Å². The van der Waals surface area contributed by atoms with Crippen LogP contribution in [0.2, 0.25) is 10.0 Å². The number of nitrogens with one attached hydrogen (secondary N) is 1. The molecule has 0 aliphatic carbocycles. The monoisotopic (exact) mass is 499 g/mol. The van der Waals surface area contributed by atoms with Gasteiger partial charge in [0.25, 0.3) is 0 Å². The lowest BCUT2D eigenvalue weighted by molar-refractivity contribution is -0.141. The number of nitrogens with zero attached hydrogens (tertiary/aromatic N) is 2. The predicted molar refractivity (Wildman–Crippen MR) is 126 cm³/mol. The normalized spacial score (nSPS) is 12.5. The molecule has 2 aromatic carbocycles. The lowest BCUT2D eigenvalue weighted by Gasteiger charge is -2.31. The number of sulfonamides is 1. The van der Waals surface area contributed by atoms with Gasteiger partial charge in [0.15, 0.2) is 0 Å². The molecule has 0 aliphatic heterocycles. The van der Waals surface area contributed by atoms with E-state index in [9.17, 15) is 18.0 Å². The minimum Gasteiger partial charge on any atom is -0.357 e. The summed E-state index contributed by atoms with van der Waals surface area (Å²) in [5, 5.41) is 3.35. The zero-order valence-corrected chi connectivity index (χ0v) is 20.8. The molecular formula is C22H27Cl2N3O4S. The Kier molecular flexibility index (Phi) is 9.09. The second-order valence-corrected chi connectivity index (χ2v) is 10.3. The molecule has 0 fully saturated rings. The molecule has 0 radical (unpaired) electrons. The van der Waals surface area contributed by atoms with Crippen LogP contribution in [-0.2, 0) is 26.2 Å². The smallest absolute Gasteiger partial charge is 0.243 e. The van der Waals surface area contributed by atoms with Crippen molar-refractivity contribution in [2.75, 3.05) is 20.6 Å². The molecule has 0 saturated carbocycles. The van der Waals surface area contributed by atoms with Gasteiger partial charge in [0.2, 0.25) is 21.8 Å². The number of likely N-dealkylation sites (N-methyl/N-ethyl adjacent to an activating group) is 2. The third kappa shape index (κ3) is 6.22. The van der Waals surface area contributed by atoms with Crippen molar-refractivity contribution in [3.05, 3.63) is 63.6 Å². The standard InChI is InChI=1S/C22H27Cl2N3O4S/c1-5-20(22(29)25-3)27(13-16-8-9-17(23)12-19(16)24)21(28)14-26(4)32(30,31)18-10-6-15(2)7-11-18/h6-12,20H,5,13-14H2,1-4H3,(H,25,29). The van der Waals surface area contributed by atoms with E-state index in [0.717, 1.165) is 9.87 Å². The Labute approximate surface area is 199 Å². The molecule has 174 valence electrons. The van der Waals surface area contributed by atoms with E-state index >= 15 is 0 Å². The van der Waals surface area contributed by atoms with Gasteiger partial charge >= 0.3 is 0 Å². The van der Waals surface area contributed by atoms with Crippen molar-refractivity contribution < 1.29 is 18.0 Å². The molecule has 2 rings (SSSR count). The Bertz CT molecular complexity index is 1080. The van der Waals surface area contributed by atoms with Crippen molar-refractivity contribution in [2.24, 2.45) is 0 Å². The summed E-state index contributed by atoms with van der Waals surface area (Å²) in [4.78, 5) is 27.2. The molecule has 0 spiro atoms. The minimum atomic E-state index is -3.89. The Balaban J connectivity index is 2.34. The number of rotatable bonds is 9. The average molecular weight is 500 g/mol. The van der Waals surface area contributed by atoms with Gasteiger partial charge < -0.3 is 10.2 Å². The van der Waals surface area contributed by atoms with Crippen molar-refractivity contribution in [3.8, 4) is 0 Å². The number of aryl methyl sites for hydroxylation is 1. The molecule has 1 unspecified atom stereocenters. The average Bonchev–Trinajstić information content (AvgIpc) is 2.74. The molecule has 1 N–H and O–H groups in total. The van der Waals surface area contributed by atoms with Gasteiger partial charge in [-0.05, 0) is 43.2 Å². The topological polar surface area (TPSA) is 86.8 Å². The lowest BCUT2D eigenvalue weighted by Crippen LogP contribution is -2.51. The first-order valence-electron chi connectivity index (χ1n) is 9.99. The molecule has 32 heavy (non-hydrogen) atoms. The van der Waals surface area contributed by atoms with E-state index in [0.29, 0.717) is 22.0 Å². The van der Waals surface area contributed by atoms with Gasteiger partial charge in [0.1, 0.15) is 6.04 Å². The summed E-state index contributed by atoms with van der Waals surface area (Å²) in [5.74, 6) is -0.875. The highest BCUT2D eigenvalue weighted by molar-refractivity contribution is 7.89. The first kappa shape index (κ1) is 26.1. The van der Waals surface area contributed by atoms with Crippen LogP contribution in [0.15, 0.2) is 47.4 Å². The van der Waals surface area contributed by atoms with Crippen molar-refractivity contribution in [1.82, 2.24) is 14.5 Å². The van der Waals surface area contributed by atoms with Crippen LogP contribution in [0.1, 0.15) is 24.5 Å². The van der Waals surface area contributed by atoms with Crippen LogP contribution in [-0.4, -0.2) is 56.1 Å². The fraction of sp³-hybridized carbons (Fsp3) is 0.364. The van der Waals surface area contributed by atoms with Gasteiger partial charge in [0.05, 0.1) is 11.4 Å². The summed E-state index contributed by atoms with van der Waals surface area (Å²) < 4.78 is 26.8. The number of carbonyl (C=O) groups excluding carboxylic acids is 2. The molecule has 7 nitrogen and oxygen atoms in total. The van der Waals surface area contributed by atoms with E-state index in [2.05, 4.69) is 5.32 Å². The number of carbonyl (C=O) groups is 2. The third-order valence-electron chi connectivity index (χ3n) is 5.08. The van der Waals surface area contributed by atoms with Crippen LogP contribution in [0.4, 0.5) is 0 Å². The number of halogens is 2. The molecule has 0 aromatic heterocycles. The zero-order chi connectivity index (χ0) is 24.1. The van der Waals surface area contributed by atoms with E-state index in [1.165, 1.54) is 31.1 Å². The fourth-order valence-electron chi connectivity index (χ4n) is 3.18. The van der Waals surface area contributed by atoms with Crippen LogP contribution in [0.5, 0.6) is 0 Å². The fourth-order valence-corrected chi connectivity index (χ4v) is 4.76. The maximum atomic E-state index is 13.3. The first-order chi connectivity index (χ1) is 15.0. The minimum absolute atomic E-state index is 0.0270. The quantitative estimate of drug-likeness (QED) is 0.571. The Morgan fingerprint density at radius 3 is 2.25 bits per heavy atom. The largest absolute Gasteiger partial charge is 0.357 e. The number of benzene rings is 2. The summed E-state index contributed by atoms with van der Waals surface area (Å²) in [6, 6.07) is 10.4. The van der Waals surface area contributed by atoms with Crippen molar-refractivity contribution >= 4 is 45.0 Å². The van der Waals surface area contributed by atoms with Crippen LogP contribution in [0.25, 0.3) is 0 Å². The second kappa shape index (κ2) is 11.1. The predicted octanol–water partition coefficient (Wildman–Crippen LogP) is 3.48. The molecule has 10 heteroatoms. The maximum Gasteiger partial charge on any atom is 0.243 e. The second-order valence-electron chi connectivity index (χ2n) is 7.37. The molecule has 0 saturated heterocycles. The van der Waals surface area contributed by atoms with Crippen LogP contribution in [0, 0.1) is 6.92 Å². The van der Waals surface area contributed by atoms with E-state index in [1.807, 2.05) is 6.92 Å². The molecule has 1 atom stereocenters. The highest BCUT2D eigenvalue weighted by Gasteiger charge is 2.31. The summed E-state index contributed by atoms with van der Waals surface area (Å²) >= 11 is 12.2. The van der Waals surface area contributed by atoms with Gasteiger partial charge in [-0.15, -0.1) is 0 Å². The summed E-state index contributed by atoms with van der Waals surface area (Å²) in [6.45, 7) is 3.22. The first-order valence-corrected chi connectivity index (χ1v) is 12.2. The lowest BCUT2D eigenvalue weighted by atomic mass is 10.1. The van der Waals surface area contributed by atoms with Crippen molar-refractivity contribution in [1.29, 1.82) is 0 Å². The van der Waals surface area contributed by atoms with E-state index in [1.54, 1.807) is 37.3 Å². The Morgan fingerprint density at radius 1 is 1.09 bits per heavy atom. The summed E-state index contributed by atoms with van der Waals surface area (Å²) in [6.07, 6.45) is 0.338. The summed E-state index contributed by atoms with van der Waals surface area (Å²) in [7, 11) is -1.07. The van der Waals surface area contributed by atoms with Gasteiger partial charge in [-0.1, -0.05) is 53.9 Å². The molecule has 0 aliphatic rings. The van der Waals surface area contributed by atoms with Crippen LogP contribution < -0.4 is 5.32 Å². The van der Waals surface area contributed by atoms with Crippen molar-refractivity contribution in [2.45, 2.75) is 37.8 Å². The van der Waals surface area contributed by atoms with Gasteiger partial charge in [0, 0.05) is 30.7 Å². The van der Waals surface area contributed by atoms with E-state index in [4.69, 9.17) is 23.2 Å². The molecule has 2 aromatic rings. The maximum absolute atomic E-state index is 13.3. The van der Waals surface area contributed by atoms with Crippen molar-refractivity contribution in [3.63, 3.8) is 0 Å². The van der Waals surface area contributed by atoms with Gasteiger partial charge in [-0.3, -0.25) is 9.59 Å². The third-order valence-corrected chi connectivity index (χ3v) is 7.48. The SMILES string of the molecule is CCC(C(=O)NC)N(Cc1ccc(Cl)cc1Cl)C(=O)CN(C)S(=O)(=O)c1ccc(C)cc1.